The Morgan fingerprint density at radius 2 is 1.67 bits per heavy atom. The van der Waals surface area contributed by atoms with E-state index in [9.17, 15) is 14.9 Å². The summed E-state index contributed by atoms with van der Waals surface area (Å²) in [6.45, 7) is 2.17. The van der Waals surface area contributed by atoms with E-state index in [1.807, 2.05) is 0 Å². The van der Waals surface area contributed by atoms with Crippen molar-refractivity contribution in [2.75, 3.05) is 0 Å². The molecule has 1 unspecified atom stereocenters. The van der Waals surface area contributed by atoms with Crippen molar-refractivity contribution in [1.82, 2.24) is 0 Å². The second-order valence-corrected chi connectivity index (χ2v) is 4.42. The Hall–Kier alpha value is -1.33. The van der Waals surface area contributed by atoms with Crippen molar-refractivity contribution in [2.45, 2.75) is 70.8 Å². The number of carboxylic acids is 1. The molecule has 0 aromatic rings. The Bertz CT molecular complexity index is 245. The maximum Gasteiger partial charge on any atom is 0.332 e. The molecule has 6 nitrogen and oxygen atoms in total. The minimum Gasteiger partial charge on any atom is -0.480 e. The molecule has 6 heteroatoms. The summed E-state index contributed by atoms with van der Waals surface area (Å²) in [7, 11) is 0. The maximum absolute atomic E-state index is 10.6. The lowest BCUT2D eigenvalue weighted by Gasteiger charge is -2.09. The molecule has 0 heterocycles. The molecule has 0 saturated heterocycles. The van der Waals surface area contributed by atoms with E-state index >= 15 is 0 Å². The Balaban J connectivity index is 3.49. The second kappa shape index (κ2) is 10.8. The fraction of sp³-hybridized carbons (Fsp3) is 0.917. The number of carbonyl (C=O) groups is 1. The molecular formula is C12H23NO5. The van der Waals surface area contributed by atoms with Crippen LogP contribution >= 0.6 is 0 Å². The van der Waals surface area contributed by atoms with E-state index in [4.69, 9.17) is 5.11 Å². The molecule has 0 fully saturated rings. The summed E-state index contributed by atoms with van der Waals surface area (Å²) in [4.78, 5) is 24.8. The summed E-state index contributed by atoms with van der Waals surface area (Å²) in [5.74, 6) is -1.27. The largest absolute Gasteiger partial charge is 0.480 e. The van der Waals surface area contributed by atoms with E-state index in [0.29, 0.717) is 6.42 Å². The van der Waals surface area contributed by atoms with Crippen molar-refractivity contribution in [3.63, 3.8) is 0 Å². The van der Waals surface area contributed by atoms with Crippen LogP contribution in [0.3, 0.4) is 0 Å². The quantitative estimate of drug-likeness (QED) is 0.331. The fourth-order valence-electron chi connectivity index (χ4n) is 1.79. The van der Waals surface area contributed by atoms with Gasteiger partial charge in [0, 0.05) is 0 Å². The number of rotatable bonds is 12. The summed E-state index contributed by atoms with van der Waals surface area (Å²) in [5.41, 5.74) is 0. The molecular weight excluding hydrogens is 238 g/mol. The summed E-state index contributed by atoms with van der Waals surface area (Å²) >= 11 is 0. The van der Waals surface area contributed by atoms with E-state index in [-0.39, 0.29) is 6.42 Å². The van der Waals surface area contributed by atoms with Crippen molar-refractivity contribution in [1.29, 1.82) is 0 Å². The molecule has 0 amide bonds. The third-order valence-electron chi connectivity index (χ3n) is 2.81. The number of unbranched alkanes of at least 4 members (excludes halogenated alkanes) is 7. The zero-order chi connectivity index (χ0) is 13.8. The van der Waals surface area contributed by atoms with Gasteiger partial charge in [0.2, 0.25) is 6.10 Å². The first kappa shape index (κ1) is 16.7. The average Bonchev–Trinajstić information content (AvgIpc) is 2.30. The lowest BCUT2D eigenvalue weighted by atomic mass is 10.1. The van der Waals surface area contributed by atoms with Crippen LogP contribution in [0.15, 0.2) is 0 Å². The summed E-state index contributed by atoms with van der Waals surface area (Å²) in [6, 6.07) is 0. The van der Waals surface area contributed by atoms with Crippen molar-refractivity contribution < 1.29 is 19.8 Å². The van der Waals surface area contributed by atoms with Crippen LogP contribution in [0.25, 0.3) is 0 Å². The molecule has 0 rings (SSSR count). The first-order chi connectivity index (χ1) is 8.57. The SMILES string of the molecule is CCCCCCCCCCC(O[N+](=O)[O-])C(=O)O. The van der Waals surface area contributed by atoms with Crippen LogP contribution in [0, 0.1) is 10.1 Å². The molecule has 0 aliphatic heterocycles. The predicted octanol–water partition coefficient (Wildman–Crippen LogP) is 3.18. The van der Waals surface area contributed by atoms with Gasteiger partial charge in [0.1, 0.15) is 0 Å². The molecule has 0 aliphatic carbocycles. The summed E-state index contributed by atoms with van der Waals surface area (Å²) in [5, 5.41) is 17.7. The minimum atomic E-state index is -1.32. The molecule has 1 atom stereocenters. The van der Waals surface area contributed by atoms with E-state index < -0.39 is 17.2 Å². The van der Waals surface area contributed by atoms with Crippen LogP contribution in [0.1, 0.15) is 64.7 Å². The zero-order valence-electron chi connectivity index (χ0n) is 11.0. The summed E-state index contributed by atoms with van der Waals surface area (Å²) < 4.78 is 0. The van der Waals surface area contributed by atoms with Gasteiger partial charge in [-0.1, -0.05) is 58.3 Å². The van der Waals surface area contributed by atoms with Gasteiger partial charge in [-0.3, -0.25) is 4.84 Å². The highest BCUT2D eigenvalue weighted by Crippen LogP contribution is 2.12. The number of hydrogen-bond donors (Lipinski definition) is 1. The van der Waals surface area contributed by atoms with Gasteiger partial charge in [0.25, 0.3) is 5.09 Å². The normalized spacial score (nSPS) is 12.1. The Morgan fingerprint density at radius 3 is 2.11 bits per heavy atom. The Kier molecular flexibility index (Phi) is 10.0. The van der Waals surface area contributed by atoms with E-state index in [2.05, 4.69) is 11.8 Å². The van der Waals surface area contributed by atoms with E-state index in [0.717, 1.165) is 19.3 Å². The van der Waals surface area contributed by atoms with E-state index in [1.165, 1.54) is 25.7 Å². The molecule has 0 bridgehead atoms. The molecule has 0 saturated carbocycles. The van der Waals surface area contributed by atoms with Gasteiger partial charge in [-0.2, -0.15) is 0 Å². The monoisotopic (exact) mass is 261 g/mol. The topological polar surface area (TPSA) is 89.7 Å². The highest BCUT2D eigenvalue weighted by Gasteiger charge is 2.20. The molecule has 0 aliphatic rings. The Labute approximate surface area is 107 Å². The van der Waals surface area contributed by atoms with Crippen LogP contribution in [0.2, 0.25) is 0 Å². The number of hydrogen-bond acceptors (Lipinski definition) is 4. The third kappa shape index (κ3) is 9.86. The van der Waals surface area contributed by atoms with Crippen molar-refractivity contribution in [3.05, 3.63) is 10.1 Å². The van der Waals surface area contributed by atoms with Crippen molar-refractivity contribution in [3.8, 4) is 0 Å². The third-order valence-corrected chi connectivity index (χ3v) is 2.81. The van der Waals surface area contributed by atoms with Crippen LogP contribution in [0.4, 0.5) is 0 Å². The standard InChI is InChI=1S/C12H23NO5/c1-2-3-4-5-6-7-8-9-10-11(12(14)15)18-13(16)17/h11H,2-10H2,1H3,(H,14,15). The van der Waals surface area contributed by atoms with E-state index in [1.54, 1.807) is 0 Å². The van der Waals surface area contributed by atoms with Crippen LogP contribution in [-0.2, 0) is 9.63 Å². The smallest absolute Gasteiger partial charge is 0.332 e. The highest BCUT2D eigenvalue weighted by molar-refractivity contribution is 5.72. The summed E-state index contributed by atoms with van der Waals surface area (Å²) in [6.07, 6.45) is 7.57. The molecule has 106 valence electrons. The van der Waals surface area contributed by atoms with Crippen LogP contribution in [0.5, 0.6) is 0 Å². The molecule has 18 heavy (non-hydrogen) atoms. The van der Waals surface area contributed by atoms with Crippen molar-refractivity contribution >= 4 is 5.97 Å². The lowest BCUT2D eigenvalue weighted by molar-refractivity contribution is -0.765. The van der Waals surface area contributed by atoms with Gasteiger partial charge in [0.15, 0.2) is 0 Å². The molecule has 0 aromatic carbocycles. The molecule has 0 aromatic heterocycles. The molecule has 0 radical (unpaired) electrons. The van der Waals surface area contributed by atoms with Gasteiger partial charge in [-0.25, -0.2) is 4.79 Å². The zero-order valence-corrected chi connectivity index (χ0v) is 11.0. The molecule has 0 spiro atoms. The van der Waals surface area contributed by atoms with Crippen LogP contribution < -0.4 is 0 Å². The first-order valence-corrected chi connectivity index (χ1v) is 6.62. The fourth-order valence-corrected chi connectivity index (χ4v) is 1.79. The van der Waals surface area contributed by atoms with Gasteiger partial charge in [-0.15, -0.1) is 10.1 Å². The van der Waals surface area contributed by atoms with Crippen LogP contribution in [-0.4, -0.2) is 22.3 Å². The highest BCUT2D eigenvalue weighted by atomic mass is 17.0. The minimum absolute atomic E-state index is 0.200. The second-order valence-electron chi connectivity index (χ2n) is 4.42. The molecule has 1 N–H and O–H groups in total. The maximum atomic E-state index is 10.6. The van der Waals surface area contributed by atoms with Gasteiger partial charge < -0.3 is 5.11 Å². The number of carboxylic acid groups (broad SMARTS) is 1. The Morgan fingerprint density at radius 1 is 1.17 bits per heavy atom. The number of aliphatic carboxylic acids is 1. The average molecular weight is 261 g/mol. The van der Waals surface area contributed by atoms with Gasteiger partial charge in [-0.05, 0) is 6.42 Å². The van der Waals surface area contributed by atoms with Crippen molar-refractivity contribution in [2.24, 2.45) is 0 Å². The number of nitrogens with zero attached hydrogens (tertiary/aromatic N) is 1. The van der Waals surface area contributed by atoms with Gasteiger partial charge in [0.05, 0.1) is 0 Å². The lowest BCUT2D eigenvalue weighted by Crippen LogP contribution is -2.26. The predicted molar refractivity (Wildman–Crippen MR) is 66.7 cm³/mol. The van der Waals surface area contributed by atoms with Gasteiger partial charge >= 0.3 is 5.97 Å². The first-order valence-electron chi connectivity index (χ1n) is 6.62.